The van der Waals surface area contributed by atoms with Crippen molar-refractivity contribution in [2.45, 2.75) is 6.54 Å². The van der Waals surface area contributed by atoms with E-state index < -0.39 is 4.92 Å². The Hall–Kier alpha value is -2.41. The van der Waals surface area contributed by atoms with E-state index in [0.29, 0.717) is 6.54 Å². The van der Waals surface area contributed by atoms with E-state index in [1.807, 2.05) is 12.1 Å². The molecular weight excluding hydrogens is 284 g/mol. The number of hydrogen-bond donors (Lipinski definition) is 1. The highest BCUT2D eigenvalue weighted by molar-refractivity contribution is 6.28. The number of ether oxygens (including phenoxy) is 1. The van der Waals surface area contributed by atoms with Gasteiger partial charge in [-0.2, -0.15) is 4.98 Å². The summed E-state index contributed by atoms with van der Waals surface area (Å²) in [4.78, 5) is 17.7. The van der Waals surface area contributed by atoms with Gasteiger partial charge in [-0.25, -0.2) is 4.98 Å². The van der Waals surface area contributed by atoms with Crippen molar-refractivity contribution in [3.63, 3.8) is 0 Å². The number of nitrogens with zero attached hydrogens (tertiary/aromatic N) is 3. The molecule has 2 aromatic rings. The smallest absolute Gasteiger partial charge is 0.329 e. The maximum atomic E-state index is 10.9. The van der Waals surface area contributed by atoms with Crippen molar-refractivity contribution in [2.75, 3.05) is 12.4 Å². The van der Waals surface area contributed by atoms with E-state index >= 15 is 0 Å². The van der Waals surface area contributed by atoms with E-state index in [2.05, 4.69) is 15.3 Å². The molecule has 0 spiro atoms. The van der Waals surface area contributed by atoms with Crippen LogP contribution in [0.25, 0.3) is 0 Å². The van der Waals surface area contributed by atoms with Crippen LogP contribution in [0.15, 0.2) is 30.5 Å². The molecule has 1 heterocycles. The second-order valence-electron chi connectivity index (χ2n) is 3.83. The van der Waals surface area contributed by atoms with Crippen LogP contribution in [-0.2, 0) is 6.54 Å². The van der Waals surface area contributed by atoms with Crippen LogP contribution in [0.3, 0.4) is 0 Å². The lowest BCUT2D eigenvalue weighted by Crippen LogP contribution is -2.05. The second kappa shape index (κ2) is 6.16. The number of benzene rings is 1. The normalized spacial score (nSPS) is 10.1. The first-order valence-corrected chi connectivity index (χ1v) is 6.01. The van der Waals surface area contributed by atoms with Gasteiger partial charge in [-0.05, 0) is 29.3 Å². The third-order valence-corrected chi connectivity index (χ3v) is 2.74. The Labute approximate surface area is 119 Å². The fraction of sp³-hybridized carbons (Fsp3) is 0.167. The van der Waals surface area contributed by atoms with Crippen molar-refractivity contribution < 1.29 is 9.66 Å². The molecule has 0 bridgehead atoms. The average molecular weight is 295 g/mol. The lowest BCUT2D eigenvalue weighted by molar-refractivity contribution is -0.384. The molecule has 0 saturated heterocycles. The number of aromatic nitrogens is 2. The van der Waals surface area contributed by atoms with Gasteiger partial charge in [0.25, 0.3) is 0 Å². The Morgan fingerprint density at radius 2 is 2.10 bits per heavy atom. The second-order valence-corrected chi connectivity index (χ2v) is 4.17. The molecule has 0 radical (unpaired) electrons. The first-order valence-electron chi connectivity index (χ1n) is 5.64. The zero-order chi connectivity index (χ0) is 14.5. The summed E-state index contributed by atoms with van der Waals surface area (Å²) in [5.41, 5.74) is 0.706. The third kappa shape index (κ3) is 3.33. The molecule has 0 fully saturated rings. The average Bonchev–Trinajstić information content (AvgIpc) is 2.45. The van der Waals surface area contributed by atoms with Gasteiger partial charge < -0.3 is 10.1 Å². The van der Waals surface area contributed by atoms with E-state index in [4.69, 9.17) is 16.3 Å². The van der Waals surface area contributed by atoms with Crippen molar-refractivity contribution in [1.82, 2.24) is 9.97 Å². The molecule has 20 heavy (non-hydrogen) atoms. The number of hydrogen-bond acceptors (Lipinski definition) is 6. The van der Waals surface area contributed by atoms with Crippen LogP contribution in [0, 0.1) is 10.1 Å². The van der Waals surface area contributed by atoms with E-state index in [9.17, 15) is 10.1 Å². The summed E-state index contributed by atoms with van der Waals surface area (Å²) in [7, 11) is 1.58. The SMILES string of the molecule is COc1ccc(CNc2nc(Cl)ncc2[N+](=O)[O-])cc1. The largest absolute Gasteiger partial charge is 0.497 e. The Morgan fingerprint density at radius 3 is 2.70 bits per heavy atom. The molecule has 7 nitrogen and oxygen atoms in total. The van der Waals surface area contributed by atoms with Crippen LogP contribution in [0.5, 0.6) is 5.75 Å². The van der Waals surface area contributed by atoms with Gasteiger partial charge in [-0.3, -0.25) is 10.1 Å². The van der Waals surface area contributed by atoms with Crippen LogP contribution in [0.2, 0.25) is 5.28 Å². The topological polar surface area (TPSA) is 90.2 Å². The first kappa shape index (κ1) is 14.0. The molecule has 0 aliphatic carbocycles. The minimum atomic E-state index is -0.563. The van der Waals surface area contributed by atoms with Gasteiger partial charge in [-0.1, -0.05) is 12.1 Å². The van der Waals surface area contributed by atoms with Crippen LogP contribution < -0.4 is 10.1 Å². The van der Waals surface area contributed by atoms with Gasteiger partial charge in [0.2, 0.25) is 11.1 Å². The number of methoxy groups -OCH3 is 1. The van der Waals surface area contributed by atoms with E-state index in [-0.39, 0.29) is 16.8 Å². The zero-order valence-electron chi connectivity index (χ0n) is 10.5. The van der Waals surface area contributed by atoms with Crippen LogP contribution in [0.1, 0.15) is 5.56 Å². The molecule has 8 heteroatoms. The molecule has 0 unspecified atom stereocenters. The Balaban J connectivity index is 2.13. The number of halogens is 1. The zero-order valence-corrected chi connectivity index (χ0v) is 11.3. The summed E-state index contributed by atoms with van der Waals surface area (Å²) in [5, 5.41) is 13.7. The maximum absolute atomic E-state index is 10.9. The predicted molar refractivity (Wildman–Crippen MR) is 74.0 cm³/mol. The van der Waals surface area contributed by atoms with Gasteiger partial charge in [0.1, 0.15) is 11.9 Å². The number of nitro groups is 1. The molecule has 0 aliphatic rings. The predicted octanol–water partition coefficient (Wildman–Crippen LogP) is 2.66. The fourth-order valence-electron chi connectivity index (χ4n) is 1.55. The van der Waals surface area contributed by atoms with Gasteiger partial charge in [0.15, 0.2) is 0 Å². The van der Waals surface area contributed by atoms with Crippen molar-refractivity contribution in [1.29, 1.82) is 0 Å². The number of nitrogens with one attached hydrogen (secondary N) is 1. The van der Waals surface area contributed by atoms with Gasteiger partial charge in [0.05, 0.1) is 12.0 Å². The molecule has 1 aromatic carbocycles. The molecule has 0 amide bonds. The monoisotopic (exact) mass is 294 g/mol. The van der Waals surface area contributed by atoms with Gasteiger partial charge >= 0.3 is 5.69 Å². The van der Waals surface area contributed by atoms with Gasteiger partial charge in [-0.15, -0.1) is 0 Å². The molecule has 0 saturated carbocycles. The molecule has 104 valence electrons. The van der Waals surface area contributed by atoms with Gasteiger partial charge in [0, 0.05) is 6.54 Å². The summed E-state index contributed by atoms with van der Waals surface area (Å²) < 4.78 is 5.05. The third-order valence-electron chi connectivity index (χ3n) is 2.56. The van der Waals surface area contributed by atoms with Crippen molar-refractivity contribution in [3.8, 4) is 5.75 Å². The van der Waals surface area contributed by atoms with E-state index in [0.717, 1.165) is 17.5 Å². The maximum Gasteiger partial charge on any atom is 0.329 e. The minimum Gasteiger partial charge on any atom is -0.497 e. The Kier molecular flexibility index (Phi) is 4.31. The van der Waals surface area contributed by atoms with Crippen LogP contribution in [0.4, 0.5) is 11.5 Å². The molecule has 1 N–H and O–H groups in total. The van der Waals surface area contributed by atoms with Crippen LogP contribution >= 0.6 is 11.6 Å². The molecule has 0 atom stereocenters. The molecule has 2 rings (SSSR count). The molecular formula is C12H11ClN4O3. The summed E-state index contributed by atoms with van der Waals surface area (Å²) in [6, 6.07) is 7.30. The fourth-order valence-corrected chi connectivity index (χ4v) is 1.68. The summed E-state index contributed by atoms with van der Waals surface area (Å²) >= 11 is 5.64. The number of rotatable bonds is 5. The summed E-state index contributed by atoms with van der Waals surface area (Å²) in [6.45, 7) is 0.373. The van der Waals surface area contributed by atoms with Crippen molar-refractivity contribution in [2.24, 2.45) is 0 Å². The number of anilines is 1. The quantitative estimate of drug-likeness (QED) is 0.518. The van der Waals surface area contributed by atoms with Crippen molar-refractivity contribution in [3.05, 3.63) is 51.4 Å². The van der Waals surface area contributed by atoms with E-state index in [1.54, 1.807) is 19.2 Å². The van der Waals surface area contributed by atoms with Crippen LogP contribution in [-0.4, -0.2) is 22.0 Å². The molecule has 1 aromatic heterocycles. The summed E-state index contributed by atoms with van der Waals surface area (Å²) in [5.74, 6) is 0.829. The highest BCUT2D eigenvalue weighted by atomic mass is 35.5. The highest BCUT2D eigenvalue weighted by Gasteiger charge is 2.16. The van der Waals surface area contributed by atoms with E-state index in [1.165, 1.54) is 0 Å². The Bertz CT molecular complexity index is 619. The van der Waals surface area contributed by atoms with Crippen molar-refractivity contribution >= 4 is 23.1 Å². The lowest BCUT2D eigenvalue weighted by atomic mass is 10.2. The lowest BCUT2D eigenvalue weighted by Gasteiger charge is -2.07. The highest BCUT2D eigenvalue weighted by Crippen LogP contribution is 2.22. The first-order chi connectivity index (χ1) is 9.60. The minimum absolute atomic E-state index is 0.0483. The Morgan fingerprint density at radius 1 is 1.40 bits per heavy atom. The standard InChI is InChI=1S/C12H11ClN4O3/c1-20-9-4-2-8(3-5-9)6-14-11-10(17(18)19)7-15-12(13)16-11/h2-5,7H,6H2,1H3,(H,14,15,16). The molecule has 0 aliphatic heterocycles. The summed E-state index contributed by atoms with van der Waals surface area (Å²) in [6.07, 6.45) is 1.08.